The molecule has 0 bridgehead atoms. The molecular formula is C13H19ClN2O. The van der Waals surface area contributed by atoms with E-state index in [-0.39, 0.29) is 6.04 Å². The summed E-state index contributed by atoms with van der Waals surface area (Å²) in [6, 6.07) is 5.98. The Kier molecular flexibility index (Phi) is 3.34. The zero-order chi connectivity index (χ0) is 12.6. The normalized spacial score (nSPS) is 23.2. The van der Waals surface area contributed by atoms with Crippen LogP contribution in [0.15, 0.2) is 18.2 Å². The third-order valence-corrected chi connectivity index (χ3v) is 4.02. The van der Waals surface area contributed by atoms with E-state index in [4.69, 9.17) is 22.2 Å². The van der Waals surface area contributed by atoms with Crippen LogP contribution in [-0.4, -0.2) is 7.11 Å². The Morgan fingerprint density at radius 3 is 2.65 bits per heavy atom. The minimum atomic E-state index is 0.163. The number of hydrogen-bond acceptors (Lipinski definition) is 3. The van der Waals surface area contributed by atoms with Crippen molar-refractivity contribution >= 4 is 11.6 Å². The molecule has 0 saturated heterocycles. The lowest BCUT2D eigenvalue weighted by Gasteiger charge is -2.19. The molecule has 2 atom stereocenters. The van der Waals surface area contributed by atoms with Crippen LogP contribution in [0.1, 0.15) is 31.9 Å². The van der Waals surface area contributed by atoms with E-state index in [9.17, 15) is 0 Å². The molecule has 1 aliphatic carbocycles. The lowest BCUT2D eigenvalue weighted by Crippen LogP contribution is -2.30. The van der Waals surface area contributed by atoms with Crippen LogP contribution in [0.2, 0.25) is 5.02 Å². The molecule has 1 fully saturated rings. The molecule has 0 radical (unpaired) electrons. The van der Waals surface area contributed by atoms with Crippen LogP contribution in [0.4, 0.5) is 0 Å². The van der Waals surface area contributed by atoms with E-state index >= 15 is 0 Å². The molecule has 3 nitrogen and oxygen atoms in total. The van der Waals surface area contributed by atoms with Crippen LogP contribution < -0.4 is 16.0 Å². The maximum atomic E-state index is 6.02. The third-order valence-electron chi connectivity index (χ3n) is 3.71. The number of hydrogen-bond donors (Lipinski definition) is 2. The molecule has 3 N–H and O–H groups in total. The van der Waals surface area contributed by atoms with Gasteiger partial charge < -0.3 is 4.74 Å². The quantitative estimate of drug-likeness (QED) is 0.642. The molecule has 4 heteroatoms. The van der Waals surface area contributed by atoms with E-state index in [0.29, 0.717) is 22.1 Å². The van der Waals surface area contributed by atoms with E-state index in [0.717, 1.165) is 5.56 Å². The van der Waals surface area contributed by atoms with Gasteiger partial charge in [0.2, 0.25) is 0 Å². The summed E-state index contributed by atoms with van der Waals surface area (Å²) >= 11 is 6.02. The fraction of sp³-hybridized carbons (Fsp3) is 0.538. The number of ether oxygens (including phenoxy) is 1. The van der Waals surface area contributed by atoms with E-state index in [1.54, 1.807) is 7.11 Å². The lowest BCUT2D eigenvalue weighted by molar-refractivity contribution is 0.404. The number of rotatable bonds is 4. The van der Waals surface area contributed by atoms with Gasteiger partial charge in [0.1, 0.15) is 5.75 Å². The molecule has 2 unspecified atom stereocenters. The van der Waals surface area contributed by atoms with Crippen LogP contribution in [-0.2, 0) is 0 Å². The first-order valence-corrected chi connectivity index (χ1v) is 6.17. The van der Waals surface area contributed by atoms with E-state index in [1.165, 1.54) is 6.42 Å². The maximum absolute atomic E-state index is 6.02. The summed E-state index contributed by atoms with van der Waals surface area (Å²) in [4.78, 5) is 0. The molecule has 0 amide bonds. The lowest BCUT2D eigenvalue weighted by atomic mass is 9.97. The Bertz CT molecular complexity index is 420. The van der Waals surface area contributed by atoms with Gasteiger partial charge in [-0.05, 0) is 35.4 Å². The Morgan fingerprint density at radius 2 is 2.18 bits per heavy atom. The Hall–Kier alpha value is -0.770. The summed E-state index contributed by atoms with van der Waals surface area (Å²) < 4.78 is 5.23. The SMILES string of the molecule is COc1cc(C(NN)C2CC2(C)C)ccc1Cl. The van der Waals surface area contributed by atoms with Gasteiger partial charge in [-0.1, -0.05) is 31.5 Å². The number of halogens is 1. The van der Waals surface area contributed by atoms with Gasteiger partial charge in [0.05, 0.1) is 12.1 Å². The first kappa shape index (κ1) is 12.7. The van der Waals surface area contributed by atoms with Crippen LogP contribution in [0, 0.1) is 11.3 Å². The van der Waals surface area contributed by atoms with E-state index < -0.39 is 0 Å². The molecule has 2 rings (SSSR count). The summed E-state index contributed by atoms with van der Waals surface area (Å²) in [6.07, 6.45) is 1.19. The molecule has 1 aliphatic rings. The van der Waals surface area contributed by atoms with Gasteiger partial charge in [-0.3, -0.25) is 11.3 Å². The highest BCUT2D eigenvalue weighted by Crippen LogP contribution is 2.57. The predicted molar refractivity (Wildman–Crippen MR) is 70.0 cm³/mol. The highest BCUT2D eigenvalue weighted by Gasteiger charge is 2.50. The second-order valence-corrected chi connectivity index (χ2v) is 5.74. The first-order chi connectivity index (χ1) is 7.99. The van der Waals surface area contributed by atoms with Crippen molar-refractivity contribution in [2.75, 3.05) is 7.11 Å². The number of benzene rings is 1. The van der Waals surface area contributed by atoms with Crippen molar-refractivity contribution in [2.45, 2.75) is 26.3 Å². The topological polar surface area (TPSA) is 47.3 Å². The summed E-state index contributed by atoms with van der Waals surface area (Å²) in [7, 11) is 1.62. The molecule has 1 aromatic rings. The smallest absolute Gasteiger partial charge is 0.137 e. The summed E-state index contributed by atoms with van der Waals surface area (Å²) in [6.45, 7) is 4.52. The van der Waals surface area contributed by atoms with Gasteiger partial charge in [-0.2, -0.15) is 0 Å². The molecule has 0 aromatic heterocycles. The zero-order valence-electron chi connectivity index (χ0n) is 10.5. The molecule has 17 heavy (non-hydrogen) atoms. The molecule has 94 valence electrons. The highest BCUT2D eigenvalue weighted by atomic mass is 35.5. The fourth-order valence-corrected chi connectivity index (χ4v) is 2.59. The molecule has 0 aliphatic heterocycles. The molecular weight excluding hydrogens is 236 g/mol. The minimum absolute atomic E-state index is 0.163. The van der Waals surface area contributed by atoms with Gasteiger partial charge in [0.15, 0.2) is 0 Å². The highest BCUT2D eigenvalue weighted by molar-refractivity contribution is 6.32. The van der Waals surface area contributed by atoms with Crippen LogP contribution in [0.5, 0.6) is 5.75 Å². The van der Waals surface area contributed by atoms with Crippen molar-refractivity contribution in [3.05, 3.63) is 28.8 Å². The standard InChI is InChI=1S/C13H19ClN2O/c1-13(2)7-9(13)12(16-15)8-4-5-10(14)11(6-8)17-3/h4-6,9,12,16H,7,15H2,1-3H3. The summed E-state index contributed by atoms with van der Waals surface area (Å²) in [5.41, 5.74) is 4.40. The Balaban J connectivity index is 2.26. The summed E-state index contributed by atoms with van der Waals surface area (Å²) in [5, 5.41) is 0.627. The van der Waals surface area contributed by atoms with Crippen molar-refractivity contribution in [2.24, 2.45) is 17.2 Å². The fourth-order valence-electron chi connectivity index (χ4n) is 2.39. The van der Waals surface area contributed by atoms with Crippen molar-refractivity contribution in [1.82, 2.24) is 5.43 Å². The average Bonchev–Trinajstić information content (AvgIpc) is 2.91. The second kappa shape index (κ2) is 4.48. The van der Waals surface area contributed by atoms with Crippen LogP contribution in [0.25, 0.3) is 0 Å². The van der Waals surface area contributed by atoms with E-state index in [1.807, 2.05) is 18.2 Å². The molecule has 1 aromatic carbocycles. The second-order valence-electron chi connectivity index (χ2n) is 5.34. The zero-order valence-corrected chi connectivity index (χ0v) is 11.2. The minimum Gasteiger partial charge on any atom is -0.495 e. The van der Waals surface area contributed by atoms with E-state index in [2.05, 4.69) is 19.3 Å². The first-order valence-electron chi connectivity index (χ1n) is 5.79. The number of hydrazine groups is 1. The van der Waals surface area contributed by atoms with Gasteiger partial charge in [-0.25, -0.2) is 0 Å². The monoisotopic (exact) mass is 254 g/mol. The Morgan fingerprint density at radius 1 is 1.53 bits per heavy atom. The van der Waals surface area contributed by atoms with Crippen molar-refractivity contribution in [1.29, 1.82) is 0 Å². The number of methoxy groups -OCH3 is 1. The van der Waals surface area contributed by atoms with Crippen LogP contribution in [0.3, 0.4) is 0 Å². The van der Waals surface area contributed by atoms with Gasteiger partial charge in [0.25, 0.3) is 0 Å². The summed E-state index contributed by atoms with van der Waals surface area (Å²) in [5.74, 6) is 6.94. The number of nitrogens with two attached hydrogens (primary N) is 1. The van der Waals surface area contributed by atoms with Crippen molar-refractivity contribution < 1.29 is 4.74 Å². The maximum Gasteiger partial charge on any atom is 0.137 e. The van der Waals surface area contributed by atoms with Crippen molar-refractivity contribution in [3.63, 3.8) is 0 Å². The average molecular weight is 255 g/mol. The van der Waals surface area contributed by atoms with Gasteiger partial charge >= 0.3 is 0 Å². The van der Waals surface area contributed by atoms with Gasteiger partial charge in [-0.15, -0.1) is 0 Å². The largest absolute Gasteiger partial charge is 0.495 e. The predicted octanol–water partition coefficient (Wildman–Crippen LogP) is 2.90. The third kappa shape index (κ3) is 2.41. The Labute approximate surface area is 107 Å². The molecule has 0 heterocycles. The molecule has 1 saturated carbocycles. The molecule has 0 spiro atoms. The van der Waals surface area contributed by atoms with Crippen LogP contribution >= 0.6 is 11.6 Å². The number of nitrogens with one attached hydrogen (secondary N) is 1. The van der Waals surface area contributed by atoms with Crippen molar-refractivity contribution in [3.8, 4) is 5.75 Å². The van der Waals surface area contributed by atoms with Gasteiger partial charge in [0, 0.05) is 6.04 Å².